The molecule has 152 valence electrons. The summed E-state index contributed by atoms with van der Waals surface area (Å²) < 4.78 is 0. The number of rotatable bonds is 4. The highest BCUT2D eigenvalue weighted by Gasteiger charge is 2.49. The van der Waals surface area contributed by atoms with Gasteiger partial charge in [-0.2, -0.15) is 0 Å². The number of amides is 4. The normalized spacial score (nSPS) is 28.1. The van der Waals surface area contributed by atoms with Crippen molar-refractivity contribution in [3.8, 4) is 0 Å². The monoisotopic (exact) mass is 385 g/mol. The minimum atomic E-state index is -1.14. The second-order valence-corrected chi connectivity index (χ2v) is 8.97. The third-order valence-corrected chi connectivity index (χ3v) is 5.94. The summed E-state index contributed by atoms with van der Waals surface area (Å²) in [6.07, 6.45) is 1.09. The number of piperidine rings is 1. The quantitative estimate of drug-likeness (QED) is 0.810. The molecule has 2 aliphatic rings. The van der Waals surface area contributed by atoms with Crippen molar-refractivity contribution in [2.45, 2.75) is 52.5 Å². The Hall–Kier alpha value is -2.37. The van der Waals surface area contributed by atoms with E-state index in [0.29, 0.717) is 30.8 Å². The number of hydrogen-bond donors (Lipinski definition) is 1. The Bertz CT molecular complexity index is 764. The zero-order valence-electron chi connectivity index (χ0n) is 17.5. The average molecular weight is 386 g/mol. The molecule has 1 N–H and O–H groups in total. The van der Waals surface area contributed by atoms with Crippen molar-refractivity contribution in [1.82, 2.24) is 15.1 Å². The lowest BCUT2D eigenvalue weighted by Crippen LogP contribution is -2.48. The molecule has 0 bridgehead atoms. The summed E-state index contributed by atoms with van der Waals surface area (Å²) in [5.41, 5.74) is 0.755. The van der Waals surface area contributed by atoms with E-state index in [9.17, 15) is 14.4 Å². The van der Waals surface area contributed by atoms with Gasteiger partial charge in [0.05, 0.1) is 0 Å². The topological polar surface area (TPSA) is 69.7 Å². The number of imide groups is 1. The number of nitrogens with zero attached hydrogens (tertiary/aromatic N) is 2. The van der Waals surface area contributed by atoms with Crippen molar-refractivity contribution in [2.24, 2.45) is 11.8 Å². The smallest absolute Gasteiger partial charge is 0.325 e. The van der Waals surface area contributed by atoms with Crippen LogP contribution in [0.2, 0.25) is 0 Å². The molecule has 2 fully saturated rings. The molecule has 0 aliphatic carbocycles. The van der Waals surface area contributed by atoms with Crippen LogP contribution in [-0.2, 0) is 15.1 Å². The van der Waals surface area contributed by atoms with Crippen LogP contribution in [0.25, 0.3) is 0 Å². The summed E-state index contributed by atoms with van der Waals surface area (Å²) in [6.45, 7) is 11.3. The largest absolute Gasteiger partial charge is 0.341 e. The van der Waals surface area contributed by atoms with E-state index >= 15 is 0 Å². The average Bonchev–Trinajstić information content (AvgIpc) is 2.85. The lowest BCUT2D eigenvalue weighted by molar-refractivity contribution is -0.140. The fourth-order valence-corrected chi connectivity index (χ4v) is 4.34. The number of benzene rings is 1. The van der Waals surface area contributed by atoms with Crippen LogP contribution in [0.5, 0.6) is 0 Å². The molecule has 0 saturated carbocycles. The van der Waals surface area contributed by atoms with Crippen LogP contribution in [0.15, 0.2) is 24.3 Å². The SMILES string of the molecule is CC1CC(C)CN(C(=O)CN2C(=O)NC(C)(c3ccc(C(C)C)cc3)C2=O)C1. The molecule has 2 aliphatic heterocycles. The summed E-state index contributed by atoms with van der Waals surface area (Å²) in [6, 6.07) is 7.22. The van der Waals surface area contributed by atoms with Gasteiger partial charge in [0.1, 0.15) is 12.1 Å². The van der Waals surface area contributed by atoms with Crippen molar-refractivity contribution in [3.05, 3.63) is 35.4 Å². The Morgan fingerprint density at radius 3 is 2.25 bits per heavy atom. The number of carbonyl (C=O) groups is 3. The molecule has 6 nitrogen and oxygen atoms in total. The summed E-state index contributed by atoms with van der Waals surface area (Å²) in [5.74, 6) is 0.711. The molecular formula is C22H31N3O3. The zero-order chi connectivity index (χ0) is 20.6. The molecule has 0 radical (unpaired) electrons. The van der Waals surface area contributed by atoms with Gasteiger partial charge in [0, 0.05) is 13.1 Å². The predicted molar refractivity (Wildman–Crippen MR) is 108 cm³/mol. The number of urea groups is 1. The molecule has 2 heterocycles. The van der Waals surface area contributed by atoms with Gasteiger partial charge in [-0.3, -0.25) is 14.5 Å². The lowest BCUT2D eigenvalue weighted by atomic mass is 9.90. The number of likely N-dealkylation sites (tertiary alicyclic amines) is 1. The first-order valence-electron chi connectivity index (χ1n) is 10.1. The molecule has 3 unspecified atom stereocenters. The first-order chi connectivity index (χ1) is 13.1. The standard InChI is InChI=1S/C22H31N3O3/c1-14(2)17-6-8-18(9-7-17)22(5)20(27)25(21(28)23-22)13-19(26)24-11-15(3)10-16(4)12-24/h6-9,14-16H,10-13H2,1-5H3,(H,23,28). The zero-order valence-corrected chi connectivity index (χ0v) is 17.5. The van der Waals surface area contributed by atoms with Gasteiger partial charge in [0.2, 0.25) is 5.91 Å². The van der Waals surface area contributed by atoms with E-state index in [4.69, 9.17) is 0 Å². The lowest BCUT2D eigenvalue weighted by Gasteiger charge is -2.35. The number of carbonyl (C=O) groups excluding carboxylic acids is 3. The highest BCUT2D eigenvalue weighted by atomic mass is 16.2. The second kappa shape index (κ2) is 7.57. The van der Waals surface area contributed by atoms with E-state index in [-0.39, 0.29) is 18.4 Å². The molecule has 1 aromatic rings. The van der Waals surface area contributed by atoms with Crippen LogP contribution in [0, 0.1) is 11.8 Å². The predicted octanol–water partition coefficient (Wildman–Crippen LogP) is 3.08. The Labute approximate surface area is 167 Å². The van der Waals surface area contributed by atoms with Gasteiger partial charge in [0.15, 0.2) is 0 Å². The summed E-state index contributed by atoms with van der Waals surface area (Å²) in [4.78, 5) is 41.2. The molecule has 3 rings (SSSR count). The summed E-state index contributed by atoms with van der Waals surface area (Å²) in [5, 5.41) is 2.79. The van der Waals surface area contributed by atoms with Crippen LogP contribution < -0.4 is 5.32 Å². The Morgan fingerprint density at radius 1 is 1.14 bits per heavy atom. The van der Waals surface area contributed by atoms with Crippen LogP contribution >= 0.6 is 0 Å². The maximum absolute atomic E-state index is 13.1. The van der Waals surface area contributed by atoms with Gasteiger partial charge >= 0.3 is 6.03 Å². The van der Waals surface area contributed by atoms with Crippen LogP contribution in [0.1, 0.15) is 58.1 Å². The minimum absolute atomic E-state index is 0.165. The van der Waals surface area contributed by atoms with Gasteiger partial charge in [0.25, 0.3) is 5.91 Å². The van der Waals surface area contributed by atoms with Crippen LogP contribution in [0.4, 0.5) is 4.79 Å². The van der Waals surface area contributed by atoms with E-state index in [1.54, 1.807) is 11.8 Å². The Morgan fingerprint density at radius 2 is 1.71 bits per heavy atom. The molecule has 4 amide bonds. The Kier molecular flexibility index (Phi) is 5.50. The van der Waals surface area contributed by atoms with Gasteiger partial charge in [-0.25, -0.2) is 4.79 Å². The maximum Gasteiger partial charge on any atom is 0.325 e. The third-order valence-electron chi connectivity index (χ3n) is 5.94. The van der Waals surface area contributed by atoms with E-state index in [1.807, 2.05) is 24.3 Å². The van der Waals surface area contributed by atoms with Gasteiger partial charge in [-0.1, -0.05) is 52.0 Å². The van der Waals surface area contributed by atoms with Crippen molar-refractivity contribution in [1.29, 1.82) is 0 Å². The highest BCUT2D eigenvalue weighted by Crippen LogP contribution is 2.30. The summed E-state index contributed by atoms with van der Waals surface area (Å²) >= 11 is 0. The first-order valence-corrected chi connectivity index (χ1v) is 10.1. The molecule has 3 atom stereocenters. The molecule has 28 heavy (non-hydrogen) atoms. The molecule has 1 aromatic carbocycles. The first kappa shape index (κ1) is 20.4. The number of hydrogen-bond acceptors (Lipinski definition) is 3. The van der Waals surface area contributed by atoms with E-state index in [0.717, 1.165) is 16.9 Å². The van der Waals surface area contributed by atoms with Crippen molar-refractivity contribution < 1.29 is 14.4 Å². The second-order valence-electron chi connectivity index (χ2n) is 8.97. The van der Waals surface area contributed by atoms with Crippen LogP contribution in [0.3, 0.4) is 0 Å². The van der Waals surface area contributed by atoms with Gasteiger partial charge < -0.3 is 10.2 Å². The third kappa shape index (κ3) is 3.77. The van der Waals surface area contributed by atoms with Gasteiger partial charge in [-0.15, -0.1) is 0 Å². The fourth-order valence-electron chi connectivity index (χ4n) is 4.34. The van der Waals surface area contributed by atoms with Crippen molar-refractivity contribution >= 4 is 17.8 Å². The Balaban J connectivity index is 1.74. The van der Waals surface area contributed by atoms with Crippen molar-refractivity contribution in [2.75, 3.05) is 19.6 Å². The highest BCUT2D eigenvalue weighted by molar-refractivity contribution is 6.09. The minimum Gasteiger partial charge on any atom is -0.341 e. The van der Waals surface area contributed by atoms with E-state index in [1.165, 1.54) is 5.56 Å². The fraction of sp³-hybridized carbons (Fsp3) is 0.591. The number of nitrogens with one attached hydrogen (secondary N) is 1. The van der Waals surface area contributed by atoms with Crippen LogP contribution in [-0.4, -0.2) is 47.3 Å². The van der Waals surface area contributed by atoms with E-state index in [2.05, 4.69) is 33.0 Å². The van der Waals surface area contributed by atoms with E-state index < -0.39 is 11.6 Å². The molecule has 6 heteroatoms. The molecule has 0 spiro atoms. The van der Waals surface area contributed by atoms with Crippen molar-refractivity contribution in [3.63, 3.8) is 0 Å². The van der Waals surface area contributed by atoms with Gasteiger partial charge in [-0.05, 0) is 42.2 Å². The summed E-state index contributed by atoms with van der Waals surface area (Å²) in [7, 11) is 0. The molecule has 0 aromatic heterocycles. The maximum atomic E-state index is 13.1. The molecular weight excluding hydrogens is 354 g/mol. The molecule has 2 saturated heterocycles.